The normalized spacial score (nSPS) is 11.1. The molecule has 0 aromatic heterocycles. The van der Waals surface area contributed by atoms with E-state index in [1.54, 1.807) is 10.4 Å². The first kappa shape index (κ1) is 19.6. The van der Waals surface area contributed by atoms with Gasteiger partial charge in [-0.15, -0.1) is 0 Å². The molecule has 1 radical (unpaired) electrons. The quantitative estimate of drug-likeness (QED) is 0.569. The van der Waals surface area contributed by atoms with E-state index in [-0.39, 0.29) is 18.6 Å². The van der Waals surface area contributed by atoms with Crippen LogP contribution in [0.25, 0.3) is 0 Å². The van der Waals surface area contributed by atoms with Gasteiger partial charge in [0, 0.05) is 26.6 Å². The van der Waals surface area contributed by atoms with Gasteiger partial charge in [-0.2, -0.15) is 16.4 Å². The predicted molar refractivity (Wildman–Crippen MR) is 94.4 cm³/mol. The minimum atomic E-state index is -1.10. The zero-order valence-electron chi connectivity index (χ0n) is 13.6. The molecule has 3 heteroatoms. The van der Waals surface area contributed by atoms with Gasteiger partial charge in [-0.25, -0.2) is 12.1 Å². The van der Waals surface area contributed by atoms with Crippen molar-refractivity contribution in [3.63, 3.8) is 0 Å². The summed E-state index contributed by atoms with van der Waals surface area (Å²) in [6.45, 7) is 14.6. The Morgan fingerprint density at radius 3 is 1.35 bits per heavy atom. The van der Waals surface area contributed by atoms with Crippen LogP contribution in [0.2, 0.25) is 39.3 Å². The Kier molecular flexibility index (Phi) is 7.97. The average molecular weight is 339 g/mol. The fourth-order valence-electron chi connectivity index (χ4n) is 2.11. The van der Waals surface area contributed by atoms with Gasteiger partial charge in [0.15, 0.2) is 0 Å². The Bertz CT molecular complexity index is 420. The monoisotopic (exact) mass is 338 g/mol. The Labute approximate surface area is 138 Å². The van der Waals surface area contributed by atoms with E-state index in [0.29, 0.717) is 0 Å². The summed E-state index contributed by atoms with van der Waals surface area (Å²) in [5.41, 5.74) is 0. The third-order valence-corrected chi connectivity index (χ3v) is 7.45. The summed E-state index contributed by atoms with van der Waals surface area (Å²) in [5.74, 6) is 0. The minimum Gasteiger partial charge on any atom is -0.214 e. The Hall–Kier alpha value is -0.412. The molecule has 0 spiro atoms. The molecule has 0 saturated carbocycles. The van der Waals surface area contributed by atoms with Gasteiger partial charge in [0.05, 0.1) is 8.07 Å². The summed E-state index contributed by atoms with van der Waals surface area (Å²) in [6, 6.07) is 18.9. The van der Waals surface area contributed by atoms with E-state index in [4.69, 9.17) is 0 Å². The van der Waals surface area contributed by atoms with Crippen LogP contribution in [0.5, 0.6) is 0 Å². The van der Waals surface area contributed by atoms with Gasteiger partial charge in [0.1, 0.15) is 0 Å². The molecule has 0 aliphatic rings. The molecule has 0 saturated heterocycles. The summed E-state index contributed by atoms with van der Waals surface area (Å²) < 4.78 is 0. The second-order valence-electron chi connectivity index (χ2n) is 7.01. The van der Waals surface area contributed by atoms with Crippen molar-refractivity contribution in [3.8, 4) is 0 Å². The summed E-state index contributed by atoms with van der Waals surface area (Å²) in [6.07, 6.45) is 0. The average Bonchev–Trinajstić information content (AvgIpc) is 2.80. The summed E-state index contributed by atoms with van der Waals surface area (Å²) >= 11 is 0. The number of hydrogen-bond donors (Lipinski definition) is 0. The largest absolute Gasteiger partial charge is 0.214 e. The van der Waals surface area contributed by atoms with E-state index in [1.165, 1.54) is 0 Å². The third-order valence-electron chi connectivity index (χ3n) is 3.10. The van der Waals surface area contributed by atoms with Gasteiger partial charge in [-0.1, -0.05) is 75.7 Å². The topological polar surface area (TPSA) is 0 Å². The molecule has 0 unspecified atom stereocenters. The maximum Gasteiger partial charge on any atom is 0.0505 e. The van der Waals surface area contributed by atoms with Gasteiger partial charge in [-0.05, 0) is 0 Å². The molecule has 2 rings (SSSR count). The molecule has 0 aliphatic heterocycles. The SMILES string of the molecule is C[Si](C)(C)c1ccc[c-]1[Si](C)(C)C.[V].c1ccccc1. The Balaban J connectivity index is 0.000000434. The van der Waals surface area contributed by atoms with Crippen LogP contribution in [0.3, 0.4) is 0 Å². The van der Waals surface area contributed by atoms with Crippen molar-refractivity contribution >= 4 is 26.5 Å². The molecule has 0 aliphatic carbocycles. The molecular formula is C17H27Si2V-. The first-order chi connectivity index (χ1) is 8.73. The molecule has 0 fully saturated rings. The maximum atomic E-state index is 2.44. The van der Waals surface area contributed by atoms with Crippen molar-refractivity contribution in [2.45, 2.75) is 39.3 Å². The molecule has 0 N–H and O–H groups in total. The van der Waals surface area contributed by atoms with E-state index in [2.05, 4.69) is 57.5 Å². The first-order valence-electron chi connectivity index (χ1n) is 6.99. The number of hydrogen-bond acceptors (Lipinski definition) is 0. The van der Waals surface area contributed by atoms with Crippen molar-refractivity contribution in [2.75, 3.05) is 0 Å². The molecule has 20 heavy (non-hydrogen) atoms. The van der Waals surface area contributed by atoms with Gasteiger partial charge < -0.3 is 0 Å². The van der Waals surface area contributed by atoms with Gasteiger partial charge >= 0.3 is 0 Å². The van der Waals surface area contributed by atoms with Gasteiger partial charge in [0.2, 0.25) is 0 Å². The standard InChI is InChI=1S/C11H21Si2.C6H6.V/c1-12(2,3)10-8-7-9-11(10)13(4,5)6;1-2-4-6-5-3-1;/h7-9H,1-6H3;1-6H;/q-1;;. The molecule has 0 amide bonds. The fraction of sp³-hybridized carbons (Fsp3) is 0.353. The van der Waals surface area contributed by atoms with E-state index in [9.17, 15) is 0 Å². The van der Waals surface area contributed by atoms with Crippen molar-refractivity contribution < 1.29 is 18.6 Å². The maximum absolute atomic E-state index is 2.44. The predicted octanol–water partition coefficient (Wildman–Crippen LogP) is 4.18. The molecule has 0 bridgehead atoms. The van der Waals surface area contributed by atoms with Crippen LogP contribution >= 0.6 is 0 Å². The molecule has 2 aromatic carbocycles. The van der Waals surface area contributed by atoms with Crippen LogP contribution in [-0.2, 0) is 18.6 Å². The van der Waals surface area contributed by atoms with Crippen LogP contribution in [0.15, 0.2) is 54.6 Å². The van der Waals surface area contributed by atoms with E-state index in [1.807, 2.05) is 36.4 Å². The van der Waals surface area contributed by atoms with E-state index < -0.39 is 16.1 Å². The second-order valence-corrected chi connectivity index (χ2v) is 17.1. The Morgan fingerprint density at radius 2 is 1.10 bits per heavy atom. The van der Waals surface area contributed by atoms with Gasteiger partial charge in [0.25, 0.3) is 0 Å². The van der Waals surface area contributed by atoms with Crippen LogP contribution < -0.4 is 10.4 Å². The van der Waals surface area contributed by atoms with Crippen molar-refractivity contribution in [3.05, 3.63) is 54.6 Å². The van der Waals surface area contributed by atoms with Crippen LogP contribution in [-0.4, -0.2) is 16.1 Å². The summed E-state index contributed by atoms with van der Waals surface area (Å²) in [7, 11) is -2.20. The minimum absolute atomic E-state index is 0. The van der Waals surface area contributed by atoms with Crippen LogP contribution in [0, 0.1) is 0 Å². The first-order valence-corrected chi connectivity index (χ1v) is 14.0. The fourth-order valence-corrected chi connectivity index (χ4v) is 7.34. The number of rotatable bonds is 2. The van der Waals surface area contributed by atoms with Crippen LogP contribution in [0.1, 0.15) is 0 Å². The molecule has 2 aromatic rings. The van der Waals surface area contributed by atoms with Crippen molar-refractivity contribution in [2.24, 2.45) is 0 Å². The molecule has 0 atom stereocenters. The number of benzene rings is 1. The molecule has 0 heterocycles. The third kappa shape index (κ3) is 6.36. The zero-order chi connectivity index (χ0) is 14.5. The van der Waals surface area contributed by atoms with E-state index in [0.717, 1.165) is 0 Å². The summed E-state index contributed by atoms with van der Waals surface area (Å²) in [5, 5.41) is 3.37. The van der Waals surface area contributed by atoms with Crippen molar-refractivity contribution in [1.29, 1.82) is 0 Å². The summed E-state index contributed by atoms with van der Waals surface area (Å²) in [4.78, 5) is 0. The Morgan fingerprint density at radius 1 is 0.700 bits per heavy atom. The van der Waals surface area contributed by atoms with Gasteiger partial charge in [-0.3, -0.25) is 0 Å². The second kappa shape index (κ2) is 8.13. The van der Waals surface area contributed by atoms with Crippen LogP contribution in [0.4, 0.5) is 0 Å². The molecule has 0 nitrogen and oxygen atoms in total. The van der Waals surface area contributed by atoms with Crippen molar-refractivity contribution in [1.82, 2.24) is 0 Å². The molecule has 109 valence electrons. The zero-order valence-corrected chi connectivity index (χ0v) is 17.0. The smallest absolute Gasteiger partial charge is 0.0505 e. The molecular weight excluding hydrogens is 311 g/mol. The van der Waals surface area contributed by atoms with E-state index >= 15 is 0 Å².